The third-order valence-electron chi connectivity index (χ3n) is 9.31. The van der Waals surface area contributed by atoms with Crippen LogP contribution in [0.2, 0.25) is 0 Å². The predicted octanol–water partition coefficient (Wildman–Crippen LogP) is 13.3. The summed E-state index contributed by atoms with van der Waals surface area (Å²) in [7, 11) is 4.27. The van der Waals surface area contributed by atoms with Crippen molar-refractivity contribution < 1.29 is 9.47 Å². The van der Waals surface area contributed by atoms with E-state index in [9.17, 15) is 0 Å². The Balaban J connectivity index is 2.11. The number of hydrogen-bond acceptors (Lipinski definition) is 3. The largest absolute Gasteiger partial charge is 0.347 e. The fourth-order valence-corrected chi connectivity index (χ4v) is 6.53. The smallest absolute Gasteiger partial charge is 0.168 e. The lowest BCUT2D eigenvalue weighted by Gasteiger charge is -2.29. The van der Waals surface area contributed by atoms with Crippen molar-refractivity contribution in [3.8, 4) is 0 Å². The van der Waals surface area contributed by atoms with Gasteiger partial charge in [0, 0.05) is 19.4 Å². The fourth-order valence-electron chi connectivity index (χ4n) is 6.53. The van der Waals surface area contributed by atoms with E-state index in [-0.39, 0.29) is 11.9 Å². The summed E-state index contributed by atoms with van der Waals surface area (Å²) in [4.78, 5) is 2.23. The monoisotopic (exact) mass is 630 g/mol. The van der Waals surface area contributed by atoms with Crippen molar-refractivity contribution in [2.45, 2.75) is 206 Å². The highest BCUT2D eigenvalue weighted by molar-refractivity contribution is 4.92. The SMILES string of the molecule is CCCCC/C=C\C/C=C\CCCCCCCC[C@]1(CCCCCCCC/C=C\CCCCCCCC)OC[C@H](CN(C)C)O1. The molecule has 0 spiro atoms. The van der Waals surface area contributed by atoms with Crippen LogP contribution in [0, 0.1) is 0 Å². The van der Waals surface area contributed by atoms with Gasteiger partial charge in [-0.3, -0.25) is 0 Å². The highest BCUT2D eigenvalue weighted by atomic mass is 16.7. The summed E-state index contributed by atoms with van der Waals surface area (Å²) in [6.45, 7) is 6.28. The van der Waals surface area contributed by atoms with E-state index in [1.54, 1.807) is 0 Å². The van der Waals surface area contributed by atoms with Gasteiger partial charge in [-0.05, 0) is 84.7 Å². The van der Waals surface area contributed by atoms with Gasteiger partial charge in [0.1, 0.15) is 0 Å². The van der Waals surface area contributed by atoms with E-state index in [1.807, 2.05) is 0 Å². The Morgan fingerprint density at radius 2 is 0.889 bits per heavy atom. The summed E-state index contributed by atoms with van der Waals surface area (Å²) < 4.78 is 13.1. The molecular formula is C42H79NO2. The molecule has 1 fully saturated rings. The van der Waals surface area contributed by atoms with Crippen LogP contribution >= 0.6 is 0 Å². The lowest BCUT2D eigenvalue weighted by Crippen LogP contribution is -2.33. The summed E-state index contributed by atoms with van der Waals surface area (Å²) in [6, 6.07) is 0. The van der Waals surface area contributed by atoms with Gasteiger partial charge in [-0.1, -0.05) is 147 Å². The van der Waals surface area contributed by atoms with Gasteiger partial charge < -0.3 is 14.4 Å². The van der Waals surface area contributed by atoms with Gasteiger partial charge in [0.05, 0.1) is 12.7 Å². The first-order valence-corrected chi connectivity index (χ1v) is 20.0. The lowest BCUT2D eigenvalue weighted by molar-refractivity contribution is -0.180. The van der Waals surface area contributed by atoms with Gasteiger partial charge >= 0.3 is 0 Å². The average Bonchev–Trinajstić information content (AvgIpc) is 3.42. The van der Waals surface area contributed by atoms with E-state index < -0.39 is 0 Å². The molecule has 0 aromatic heterocycles. The molecule has 0 radical (unpaired) electrons. The molecule has 264 valence electrons. The maximum absolute atomic E-state index is 6.62. The van der Waals surface area contributed by atoms with E-state index in [1.165, 1.54) is 161 Å². The minimum absolute atomic E-state index is 0.221. The molecule has 1 rings (SSSR count). The van der Waals surface area contributed by atoms with Gasteiger partial charge in [0.15, 0.2) is 5.79 Å². The Morgan fingerprint density at radius 1 is 0.511 bits per heavy atom. The standard InChI is InChI=1S/C42H79NO2/c1-5-7-9-11-13-15-17-19-21-23-25-27-29-31-33-35-37-42(44-40-41(45-42)39-43(3)4)38-36-34-32-30-28-26-24-22-20-18-16-14-12-10-8-6-2/h13,15,19-22,41H,5-12,14,16-18,23-40H2,1-4H3/b15-13-,21-19-,22-20-/t41-,42-/m0/s1. The summed E-state index contributed by atoms with van der Waals surface area (Å²) in [5, 5.41) is 0. The van der Waals surface area contributed by atoms with Crippen LogP contribution in [0.25, 0.3) is 0 Å². The van der Waals surface area contributed by atoms with Gasteiger partial charge in [0.25, 0.3) is 0 Å². The molecule has 0 amide bonds. The van der Waals surface area contributed by atoms with Gasteiger partial charge in [-0.25, -0.2) is 0 Å². The zero-order valence-corrected chi connectivity index (χ0v) is 31.0. The van der Waals surface area contributed by atoms with E-state index in [0.717, 1.165) is 32.4 Å². The average molecular weight is 630 g/mol. The van der Waals surface area contributed by atoms with Crippen LogP contribution in [0.4, 0.5) is 0 Å². The van der Waals surface area contributed by atoms with Crippen molar-refractivity contribution in [3.63, 3.8) is 0 Å². The Kier molecular flexibility index (Phi) is 29.7. The van der Waals surface area contributed by atoms with E-state index in [2.05, 4.69) is 69.3 Å². The summed E-state index contributed by atoms with van der Waals surface area (Å²) in [5.41, 5.74) is 0. The normalized spacial score (nSPS) is 19.0. The first-order valence-electron chi connectivity index (χ1n) is 20.0. The van der Waals surface area contributed by atoms with E-state index >= 15 is 0 Å². The van der Waals surface area contributed by atoms with Gasteiger partial charge in [-0.2, -0.15) is 0 Å². The van der Waals surface area contributed by atoms with Crippen molar-refractivity contribution in [2.75, 3.05) is 27.2 Å². The zero-order chi connectivity index (χ0) is 32.5. The maximum Gasteiger partial charge on any atom is 0.168 e. The van der Waals surface area contributed by atoms with Crippen molar-refractivity contribution in [3.05, 3.63) is 36.5 Å². The minimum atomic E-state index is -0.323. The van der Waals surface area contributed by atoms with Crippen molar-refractivity contribution in [2.24, 2.45) is 0 Å². The van der Waals surface area contributed by atoms with Crippen LogP contribution in [0.5, 0.6) is 0 Å². The van der Waals surface area contributed by atoms with Crippen molar-refractivity contribution in [1.82, 2.24) is 4.90 Å². The van der Waals surface area contributed by atoms with Crippen LogP contribution in [0.1, 0.15) is 194 Å². The lowest BCUT2D eigenvalue weighted by atomic mass is 9.98. The Labute approximate surface area is 283 Å². The summed E-state index contributed by atoms with van der Waals surface area (Å²) in [6.07, 6.45) is 51.1. The first-order chi connectivity index (χ1) is 22.1. The third-order valence-corrected chi connectivity index (χ3v) is 9.31. The molecule has 0 aliphatic carbocycles. The molecule has 0 bridgehead atoms. The molecule has 45 heavy (non-hydrogen) atoms. The van der Waals surface area contributed by atoms with E-state index in [0.29, 0.717) is 0 Å². The molecular weight excluding hydrogens is 550 g/mol. The zero-order valence-electron chi connectivity index (χ0n) is 31.0. The number of allylic oxidation sites excluding steroid dienone is 6. The Hall–Kier alpha value is -0.900. The van der Waals surface area contributed by atoms with Crippen LogP contribution in [-0.4, -0.2) is 44.0 Å². The van der Waals surface area contributed by atoms with Crippen LogP contribution in [0.3, 0.4) is 0 Å². The highest BCUT2D eigenvalue weighted by Crippen LogP contribution is 2.35. The van der Waals surface area contributed by atoms with Crippen LogP contribution in [-0.2, 0) is 9.47 Å². The molecule has 0 aromatic rings. The van der Waals surface area contributed by atoms with Crippen LogP contribution < -0.4 is 0 Å². The second-order valence-corrected chi connectivity index (χ2v) is 14.2. The molecule has 0 N–H and O–H groups in total. The molecule has 0 aromatic carbocycles. The van der Waals surface area contributed by atoms with E-state index in [4.69, 9.17) is 9.47 Å². The second-order valence-electron chi connectivity index (χ2n) is 14.2. The summed E-state index contributed by atoms with van der Waals surface area (Å²) in [5.74, 6) is -0.323. The topological polar surface area (TPSA) is 21.7 Å². The molecule has 3 heteroatoms. The number of hydrogen-bond donors (Lipinski definition) is 0. The molecule has 3 nitrogen and oxygen atoms in total. The Bertz CT molecular complexity index is 699. The molecule has 2 atom stereocenters. The first kappa shape index (κ1) is 42.1. The summed E-state index contributed by atoms with van der Waals surface area (Å²) >= 11 is 0. The number of ether oxygens (including phenoxy) is 2. The quantitative estimate of drug-likeness (QED) is 0.0532. The number of rotatable bonds is 33. The van der Waals surface area contributed by atoms with Crippen molar-refractivity contribution in [1.29, 1.82) is 0 Å². The highest BCUT2D eigenvalue weighted by Gasteiger charge is 2.40. The number of unbranched alkanes of at least 4 members (excludes halogenated alkanes) is 21. The molecule has 0 saturated carbocycles. The predicted molar refractivity (Wildman–Crippen MR) is 200 cm³/mol. The molecule has 1 aliphatic heterocycles. The number of likely N-dealkylation sites (N-methyl/N-ethyl adjacent to an activating group) is 1. The minimum Gasteiger partial charge on any atom is -0.347 e. The Morgan fingerprint density at radius 3 is 1.36 bits per heavy atom. The fraction of sp³-hybridized carbons (Fsp3) is 0.857. The molecule has 0 unspecified atom stereocenters. The van der Waals surface area contributed by atoms with Crippen LogP contribution in [0.15, 0.2) is 36.5 Å². The second kappa shape index (κ2) is 31.7. The maximum atomic E-state index is 6.62. The van der Waals surface area contributed by atoms with Crippen molar-refractivity contribution >= 4 is 0 Å². The molecule has 1 heterocycles. The third kappa shape index (κ3) is 26.8. The van der Waals surface area contributed by atoms with Gasteiger partial charge in [0.2, 0.25) is 0 Å². The molecule has 1 saturated heterocycles. The number of nitrogens with zero attached hydrogens (tertiary/aromatic N) is 1. The molecule has 1 aliphatic rings. The van der Waals surface area contributed by atoms with Gasteiger partial charge in [-0.15, -0.1) is 0 Å².